The highest BCUT2D eigenvalue weighted by Crippen LogP contribution is 2.22. The third-order valence-corrected chi connectivity index (χ3v) is 3.51. The summed E-state index contributed by atoms with van der Waals surface area (Å²) < 4.78 is 10.5. The van der Waals surface area contributed by atoms with E-state index >= 15 is 0 Å². The van der Waals surface area contributed by atoms with E-state index in [4.69, 9.17) is 21.1 Å². The molecule has 0 saturated heterocycles. The van der Waals surface area contributed by atoms with Gasteiger partial charge in [-0.1, -0.05) is 18.5 Å². The van der Waals surface area contributed by atoms with E-state index in [1.54, 1.807) is 43.5 Å². The van der Waals surface area contributed by atoms with Crippen molar-refractivity contribution in [1.29, 1.82) is 0 Å². The Hall–Kier alpha value is -2.20. The number of ether oxygens (including phenoxy) is 2. The Kier molecular flexibility index (Phi) is 5.67. The van der Waals surface area contributed by atoms with Crippen LogP contribution >= 0.6 is 11.6 Å². The molecule has 0 spiro atoms. The van der Waals surface area contributed by atoms with Crippen LogP contribution in [0.15, 0.2) is 42.5 Å². The third kappa shape index (κ3) is 4.40. The van der Waals surface area contributed by atoms with Crippen LogP contribution in [0.1, 0.15) is 12.5 Å². The fraction of sp³-hybridized carbons (Fsp3) is 0.235. The van der Waals surface area contributed by atoms with Gasteiger partial charge in [0.2, 0.25) is 0 Å². The largest absolute Gasteiger partial charge is 0.497 e. The maximum absolute atomic E-state index is 11.9. The zero-order valence-electron chi connectivity index (χ0n) is 12.6. The number of amides is 1. The highest BCUT2D eigenvalue weighted by molar-refractivity contribution is 6.31. The summed E-state index contributed by atoms with van der Waals surface area (Å²) >= 11 is 6.05. The lowest BCUT2D eigenvalue weighted by molar-refractivity contribution is -0.118. The predicted octanol–water partition coefficient (Wildman–Crippen LogP) is 3.93. The maximum atomic E-state index is 11.9. The summed E-state index contributed by atoms with van der Waals surface area (Å²) in [6.45, 7) is 1.96. The summed E-state index contributed by atoms with van der Waals surface area (Å²) in [5.41, 5.74) is 1.69. The Morgan fingerprint density at radius 3 is 2.45 bits per heavy atom. The van der Waals surface area contributed by atoms with Gasteiger partial charge in [0.15, 0.2) is 6.61 Å². The summed E-state index contributed by atoms with van der Waals surface area (Å²) in [4.78, 5) is 11.9. The number of methoxy groups -OCH3 is 1. The van der Waals surface area contributed by atoms with Gasteiger partial charge in [0.05, 0.1) is 7.11 Å². The number of carbonyl (C=O) groups excluding carboxylic acids is 1. The van der Waals surface area contributed by atoms with Gasteiger partial charge in [-0.15, -0.1) is 0 Å². The van der Waals surface area contributed by atoms with Crippen LogP contribution in [0, 0.1) is 0 Å². The molecule has 0 saturated carbocycles. The van der Waals surface area contributed by atoms with Gasteiger partial charge < -0.3 is 14.8 Å². The van der Waals surface area contributed by atoms with Gasteiger partial charge in [-0.3, -0.25) is 4.79 Å². The number of hydrogen-bond donors (Lipinski definition) is 1. The van der Waals surface area contributed by atoms with Crippen molar-refractivity contribution >= 4 is 23.2 Å². The van der Waals surface area contributed by atoms with E-state index in [1.165, 1.54) is 0 Å². The monoisotopic (exact) mass is 319 g/mol. The number of benzene rings is 2. The van der Waals surface area contributed by atoms with Crippen molar-refractivity contribution in [2.45, 2.75) is 13.3 Å². The smallest absolute Gasteiger partial charge is 0.262 e. The highest BCUT2D eigenvalue weighted by Gasteiger charge is 2.06. The van der Waals surface area contributed by atoms with Crippen LogP contribution < -0.4 is 14.8 Å². The zero-order chi connectivity index (χ0) is 15.9. The Labute approximate surface area is 135 Å². The van der Waals surface area contributed by atoms with E-state index in [0.717, 1.165) is 17.7 Å². The second-order valence-electron chi connectivity index (χ2n) is 4.67. The zero-order valence-corrected chi connectivity index (χ0v) is 13.3. The first-order chi connectivity index (χ1) is 10.6. The molecule has 0 unspecified atom stereocenters. The molecular formula is C17H18ClNO3. The Bertz CT molecular complexity index is 641. The average molecular weight is 320 g/mol. The molecule has 0 radical (unpaired) electrons. The van der Waals surface area contributed by atoms with Gasteiger partial charge in [-0.05, 0) is 54.4 Å². The van der Waals surface area contributed by atoms with Crippen LogP contribution in [0.2, 0.25) is 5.02 Å². The SMILES string of the molecule is CCc1cc(OCC(=O)Nc2ccc(OC)cc2)ccc1Cl. The van der Waals surface area contributed by atoms with Gasteiger partial charge in [-0.2, -0.15) is 0 Å². The van der Waals surface area contributed by atoms with Crippen molar-refractivity contribution in [2.75, 3.05) is 19.0 Å². The number of anilines is 1. The number of aryl methyl sites for hydroxylation is 1. The molecular weight excluding hydrogens is 302 g/mol. The van der Waals surface area contributed by atoms with Gasteiger partial charge in [0.1, 0.15) is 11.5 Å². The maximum Gasteiger partial charge on any atom is 0.262 e. The second kappa shape index (κ2) is 7.71. The van der Waals surface area contributed by atoms with Crippen LogP contribution in [-0.4, -0.2) is 19.6 Å². The third-order valence-electron chi connectivity index (χ3n) is 3.14. The number of nitrogens with one attached hydrogen (secondary N) is 1. The van der Waals surface area contributed by atoms with Crippen LogP contribution in [0.25, 0.3) is 0 Å². The van der Waals surface area contributed by atoms with Crippen molar-refractivity contribution in [2.24, 2.45) is 0 Å². The summed E-state index contributed by atoms with van der Waals surface area (Å²) in [7, 11) is 1.60. The first-order valence-corrected chi connectivity index (χ1v) is 7.35. The van der Waals surface area contributed by atoms with Crippen molar-refractivity contribution in [3.63, 3.8) is 0 Å². The lowest BCUT2D eigenvalue weighted by Crippen LogP contribution is -2.20. The van der Waals surface area contributed by atoms with Crippen molar-refractivity contribution in [3.05, 3.63) is 53.1 Å². The molecule has 0 atom stereocenters. The van der Waals surface area contributed by atoms with Crippen LogP contribution in [0.4, 0.5) is 5.69 Å². The van der Waals surface area contributed by atoms with E-state index in [0.29, 0.717) is 16.5 Å². The average Bonchev–Trinajstić information content (AvgIpc) is 2.55. The van der Waals surface area contributed by atoms with E-state index < -0.39 is 0 Å². The number of halogens is 1. The van der Waals surface area contributed by atoms with E-state index in [1.807, 2.05) is 13.0 Å². The fourth-order valence-corrected chi connectivity index (χ4v) is 2.18. The molecule has 2 aromatic rings. The molecule has 0 aromatic heterocycles. The molecule has 116 valence electrons. The van der Waals surface area contributed by atoms with Gasteiger partial charge >= 0.3 is 0 Å². The van der Waals surface area contributed by atoms with Gasteiger partial charge in [0.25, 0.3) is 5.91 Å². The summed E-state index contributed by atoms with van der Waals surface area (Å²) in [5.74, 6) is 1.15. The molecule has 0 fully saturated rings. The topological polar surface area (TPSA) is 47.6 Å². The molecule has 0 aliphatic heterocycles. The lowest BCUT2D eigenvalue weighted by Gasteiger charge is -2.09. The lowest BCUT2D eigenvalue weighted by atomic mass is 10.1. The van der Waals surface area contributed by atoms with Crippen molar-refractivity contribution in [1.82, 2.24) is 0 Å². The summed E-state index contributed by atoms with van der Waals surface area (Å²) in [6, 6.07) is 12.5. The normalized spacial score (nSPS) is 10.1. The van der Waals surface area contributed by atoms with Crippen LogP contribution in [0.5, 0.6) is 11.5 Å². The Morgan fingerprint density at radius 1 is 1.14 bits per heavy atom. The quantitative estimate of drug-likeness (QED) is 0.877. The Balaban J connectivity index is 1.89. The number of hydrogen-bond acceptors (Lipinski definition) is 3. The molecule has 2 rings (SSSR count). The van der Waals surface area contributed by atoms with Crippen molar-refractivity contribution in [3.8, 4) is 11.5 Å². The van der Waals surface area contributed by atoms with Gasteiger partial charge in [-0.25, -0.2) is 0 Å². The molecule has 0 bridgehead atoms. The Morgan fingerprint density at radius 2 is 1.82 bits per heavy atom. The molecule has 4 nitrogen and oxygen atoms in total. The van der Waals surface area contributed by atoms with Crippen LogP contribution in [-0.2, 0) is 11.2 Å². The van der Waals surface area contributed by atoms with E-state index in [2.05, 4.69) is 5.32 Å². The first-order valence-electron chi connectivity index (χ1n) is 6.97. The van der Waals surface area contributed by atoms with Crippen molar-refractivity contribution < 1.29 is 14.3 Å². The summed E-state index contributed by atoms with van der Waals surface area (Å²) in [5, 5.41) is 3.46. The van der Waals surface area contributed by atoms with E-state index in [-0.39, 0.29) is 12.5 Å². The predicted molar refractivity (Wildman–Crippen MR) is 87.9 cm³/mol. The fourth-order valence-electron chi connectivity index (χ4n) is 1.93. The molecule has 1 N–H and O–H groups in total. The first kappa shape index (κ1) is 16.2. The molecule has 1 amide bonds. The molecule has 0 heterocycles. The molecule has 5 heteroatoms. The molecule has 0 aliphatic rings. The molecule has 2 aromatic carbocycles. The minimum atomic E-state index is -0.224. The molecule has 22 heavy (non-hydrogen) atoms. The van der Waals surface area contributed by atoms with Crippen LogP contribution in [0.3, 0.4) is 0 Å². The molecule has 0 aliphatic carbocycles. The summed E-state index contributed by atoms with van der Waals surface area (Å²) in [6.07, 6.45) is 0.814. The highest BCUT2D eigenvalue weighted by atomic mass is 35.5. The minimum absolute atomic E-state index is 0.0587. The van der Waals surface area contributed by atoms with E-state index in [9.17, 15) is 4.79 Å². The minimum Gasteiger partial charge on any atom is -0.497 e. The van der Waals surface area contributed by atoms with Gasteiger partial charge in [0, 0.05) is 10.7 Å². The number of carbonyl (C=O) groups is 1. The standard InChI is InChI=1S/C17H18ClNO3/c1-3-12-10-15(8-9-16(12)18)22-11-17(20)19-13-4-6-14(21-2)7-5-13/h4-10H,3,11H2,1-2H3,(H,19,20). The second-order valence-corrected chi connectivity index (χ2v) is 5.08. The number of rotatable bonds is 6.